The molecule has 1 aliphatic carbocycles. The Bertz CT molecular complexity index is 319. The largest absolute Gasteiger partial charge is 0.378 e. The first-order valence-electron chi connectivity index (χ1n) is 6.38. The van der Waals surface area contributed by atoms with Gasteiger partial charge in [-0.2, -0.15) is 0 Å². The summed E-state index contributed by atoms with van der Waals surface area (Å²) in [6.45, 7) is 6.85. The van der Waals surface area contributed by atoms with Crippen LogP contribution in [0.4, 0.5) is 0 Å². The number of nitrogens with two attached hydrogens (primary N) is 1. The number of hydrogen-bond acceptors (Lipinski definition) is 3. The van der Waals surface area contributed by atoms with Gasteiger partial charge in [-0.3, -0.25) is 0 Å². The number of sulfonamides is 1. The van der Waals surface area contributed by atoms with Gasteiger partial charge < -0.3 is 4.74 Å². The molecule has 0 aromatic carbocycles. The Hall–Kier alpha value is -0.130. The van der Waals surface area contributed by atoms with Crippen molar-refractivity contribution < 1.29 is 13.2 Å². The monoisotopic (exact) mass is 263 g/mol. The first-order chi connectivity index (χ1) is 7.76. The Labute approximate surface area is 105 Å². The summed E-state index contributed by atoms with van der Waals surface area (Å²) in [5.41, 5.74) is 0. The van der Waals surface area contributed by atoms with Gasteiger partial charge in [-0.1, -0.05) is 20.8 Å². The van der Waals surface area contributed by atoms with Crippen LogP contribution in [0.3, 0.4) is 0 Å². The highest BCUT2D eigenvalue weighted by Crippen LogP contribution is 2.30. The average molecular weight is 263 g/mol. The van der Waals surface area contributed by atoms with Crippen molar-refractivity contribution in [3.8, 4) is 0 Å². The zero-order valence-corrected chi connectivity index (χ0v) is 11.9. The van der Waals surface area contributed by atoms with E-state index < -0.39 is 10.0 Å². The van der Waals surface area contributed by atoms with Crippen LogP contribution in [0.5, 0.6) is 0 Å². The predicted octanol–water partition coefficient (Wildman–Crippen LogP) is 1.75. The molecule has 17 heavy (non-hydrogen) atoms. The van der Waals surface area contributed by atoms with E-state index in [2.05, 4.69) is 13.8 Å². The topological polar surface area (TPSA) is 69.4 Å². The average Bonchev–Trinajstić information content (AvgIpc) is 2.10. The molecule has 0 amide bonds. The fourth-order valence-corrected chi connectivity index (χ4v) is 3.64. The van der Waals surface area contributed by atoms with Crippen LogP contribution < -0.4 is 5.14 Å². The quantitative estimate of drug-likeness (QED) is 0.821. The van der Waals surface area contributed by atoms with E-state index in [1.165, 1.54) is 6.42 Å². The van der Waals surface area contributed by atoms with Crippen LogP contribution in [0.2, 0.25) is 0 Å². The number of hydrogen-bond donors (Lipinski definition) is 1. The van der Waals surface area contributed by atoms with Crippen LogP contribution in [-0.4, -0.2) is 26.9 Å². The van der Waals surface area contributed by atoms with E-state index >= 15 is 0 Å². The third kappa shape index (κ3) is 6.38. The summed E-state index contributed by atoms with van der Waals surface area (Å²) in [4.78, 5) is 0. The molecule has 4 nitrogen and oxygen atoms in total. The molecule has 3 atom stereocenters. The lowest BCUT2D eigenvalue weighted by atomic mass is 9.82. The zero-order chi connectivity index (χ0) is 13.1. The first-order valence-corrected chi connectivity index (χ1v) is 8.10. The molecule has 0 saturated heterocycles. The molecule has 0 bridgehead atoms. The Morgan fingerprint density at radius 2 is 1.76 bits per heavy atom. The van der Waals surface area contributed by atoms with Gasteiger partial charge in [0.15, 0.2) is 0 Å². The van der Waals surface area contributed by atoms with Gasteiger partial charge >= 0.3 is 0 Å². The summed E-state index contributed by atoms with van der Waals surface area (Å²) in [7, 11) is -3.38. The van der Waals surface area contributed by atoms with Crippen LogP contribution in [0, 0.1) is 17.8 Å². The normalized spacial score (nSPS) is 32.4. The molecule has 5 heteroatoms. The molecule has 1 fully saturated rings. The van der Waals surface area contributed by atoms with E-state index in [-0.39, 0.29) is 17.8 Å². The van der Waals surface area contributed by atoms with E-state index in [4.69, 9.17) is 9.88 Å². The van der Waals surface area contributed by atoms with E-state index in [1.54, 1.807) is 0 Å². The highest BCUT2D eigenvalue weighted by molar-refractivity contribution is 7.89. The van der Waals surface area contributed by atoms with Gasteiger partial charge in [-0.05, 0) is 37.0 Å². The molecule has 0 spiro atoms. The van der Waals surface area contributed by atoms with Gasteiger partial charge in [0.25, 0.3) is 0 Å². The van der Waals surface area contributed by atoms with E-state index in [9.17, 15) is 8.42 Å². The first kappa shape index (κ1) is 14.9. The third-order valence-electron chi connectivity index (χ3n) is 3.27. The fraction of sp³-hybridized carbons (Fsp3) is 1.00. The summed E-state index contributed by atoms with van der Waals surface area (Å²) < 4.78 is 27.6. The summed E-state index contributed by atoms with van der Waals surface area (Å²) >= 11 is 0. The van der Waals surface area contributed by atoms with E-state index in [1.807, 2.05) is 6.92 Å². The van der Waals surface area contributed by atoms with Crippen molar-refractivity contribution in [2.45, 2.75) is 46.1 Å². The number of ether oxygens (including phenoxy) is 1. The zero-order valence-electron chi connectivity index (χ0n) is 11.1. The number of primary sulfonamides is 1. The minimum absolute atomic E-state index is 0.00479. The molecule has 0 radical (unpaired) electrons. The van der Waals surface area contributed by atoms with Gasteiger partial charge in [0, 0.05) is 0 Å². The molecular weight excluding hydrogens is 238 g/mol. The number of rotatable bonds is 5. The maximum Gasteiger partial charge on any atom is 0.209 e. The minimum atomic E-state index is -3.38. The lowest BCUT2D eigenvalue weighted by Gasteiger charge is -2.32. The second kappa shape index (κ2) is 6.16. The Morgan fingerprint density at radius 1 is 1.24 bits per heavy atom. The van der Waals surface area contributed by atoms with Crippen molar-refractivity contribution in [2.75, 3.05) is 12.4 Å². The maximum absolute atomic E-state index is 10.9. The van der Waals surface area contributed by atoms with Crippen LogP contribution in [0.15, 0.2) is 0 Å². The van der Waals surface area contributed by atoms with Gasteiger partial charge in [-0.25, -0.2) is 13.6 Å². The molecule has 0 heterocycles. The van der Waals surface area contributed by atoms with Crippen molar-refractivity contribution in [1.29, 1.82) is 0 Å². The van der Waals surface area contributed by atoms with Crippen molar-refractivity contribution in [1.82, 2.24) is 0 Å². The maximum atomic E-state index is 10.9. The molecule has 102 valence electrons. The van der Waals surface area contributed by atoms with Crippen molar-refractivity contribution >= 4 is 10.0 Å². The van der Waals surface area contributed by atoms with Crippen molar-refractivity contribution in [2.24, 2.45) is 22.9 Å². The Morgan fingerprint density at radius 3 is 2.24 bits per heavy atom. The molecule has 0 aliphatic heterocycles. The molecule has 1 saturated carbocycles. The molecule has 2 N–H and O–H groups in total. The summed E-state index contributed by atoms with van der Waals surface area (Å²) in [5.74, 6) is 1.39. The van der Waals surface area contributed by atoms with Gasteiger partial charge in [0.1, 0.15) is 0 Å². The smallest absolute Gasteiger partial charge is 0.209 e. The van der Waals surface area contributed by atoms with E-state index in [0.29, 0.717) is 18.4 Å². The van der Waals surface area contributed by atoms with E-state index in [0.717, 1.165) is 12.8 Å². The van der Waals surface area contributed by atoms with Crippen LogP contribution >= 0.6 is 0 Å². The summed E-state index contributed by atoms with van der Waals surface area (Å²) in [6.07, 6.45) is 3.74. The van der Waals surface area contributed by atoms with Crippen molar-refractivity contribution in [3.05, 3.63) is 0 Å². The summed E-state index contributed by atoms with van der Waals surface area (Å²) in [5, 5.41) is 5.01. The second-order valence-corrected chi connectivity index (χ2v) is 7.47. The van der Waals surface area contributed by atoms with Crippen LogP contribution in [0.1, 0.15) is 40.0 Å². The lowest BCUT2D eigenvalue weighted by Crippen LogP contribution is -2.30. The third-order valence-corrected chi connectivity index (χ3v) is 4.30. The highest BCUT2D eigenvalue weighted by atomic mass is 32.2. The standard InChI is InChI=1S/C12H25NO3S/c1-9-4-10(2)6-12(5-9)16-7-11(3)8-17(13,14)15/h9-12H,4-8H2,1-3H3,(H2,13,14,15). The van der Waals surface area contributed by atoms with Gasteiger partial charge in [-0.15, -0.1) is 0 Å². The molecule has 0 aromatic rings. The van der Waals surface area contributed by atoms with Gasteiger partial charge in [0.2, 0.25) is 10.0 Å². The Kier molecular flexibility index (Phi) is 5.41. The molecule has 0 aromatic heterocycles. The van der Waals surface area contributed by atoms with Crippen LogP contribution in [-0.2, 0) is 14.8 Å². The summed E-state index contributed by atoms with van der Waals surface area (Å²) in [6, 6.07) is 0. The second-order valence-electron chi connectivity index (χ2n) is 5.81. The predicted molar refractivity (Wildman–Crippen MR) is 69.1 cm³/mol. The molecule has 3 unspecified atom stereocenters. The Balaban J connectivity index is 2.30. The molecular formula is C12H25NO3S. The lowest BCUT2D eigenvalue weighted by molar-refractivity contribution is -0.0105. The van der Waals surface area contributed by atoms with Crippen LogP contribution in [0.25, 0.3) is 0 Å². The fourth-order valence-electron chi connectivity index (χ4n) is 2.75. The SMILES string of the molecule is CC1CC(C)CC(OCC(C)CS(N)(=O)=O)C1. The molecule has 1 rings (SSSR count). The molecule has 1 aliphatic rings. The minimum Gasteiger partial charge on any atom is -0.378 e. The van der Waals surface area contributed by atoms with Crippen molar-refractivity contribution in [3.63, 3.8) is 0 Å². The van der Waals surface area contributed by atoms with Gasteiger partial charge in [0.05, 0.1) is 18.5 Å². The highest BCUT2D eigenvalue weighted by Gasteiger charge is 2.25.